The minimum atomic E-state index is -1.32. The minimum absolute atomic E-state index is 0.0908. The third kappa shape index (κ3) is 6.85. The SMILES string of the molecule is CC(C)C[C@@H](O)C(=O)N[C@H](CCC(=O)O)C(=O)O. The Balaban J connectivity index is 4.35. The van der Waals surface area contributed by atoms with Crippen LogP contribution in [0.3, 0.4) is 0 Å². The summed E-state index contributed by atoms with van der Waals surface area (Å²) >= 11 is 0. The van der Waals surface area contributed by atoms with Crippen LogP contribution in [-0.4, -0.2) is 45.3 Å². The van der Waals surface area contributed by atoms with Gasteiger partial charge in [0.25, 0.3) is 0 Å². The first-order valence-corrected chi connectivity index (χ1v) is 5.67. The van der Waals surface area contributed by atoms with E-state index in [1.54, 1.807) is 0 Å². The van der Waals surface area contributed by atoms with Gasteiger partial charge in [-0.15, -0.1) is 0 Å². The molecule has 0 aromatic rings. The van der Waals surface area contributed by atoms with E-state index in [-0.39, 0.29) is 25.2 Å². The average Bonchev–Trinajstić information content (AvgIpc) is 2.21. The van der Waals surface area contributed by atoms with Crippen molar-refractivity contribution in [1.29, 1.82) is 0 Å². The molecule has 0 aliphatic carbocycles. The molecule has 0 aromatic carbocycles. The predicted octanol–water partition coefficient (Wildman–Crippen LogP) is -0.172. The minimum Gasteiger partial charge on any atom is -0.481 e. The lowest BCUT2D eigenvalue weighted by Crippen LogP contribution is -2.46. The number of nitrogens with one attached hydrogen (secondary N) is 1. The molecule has 7 heteroatoms. The molecule has 0 radical (unpaired) electrons. The molecule has 1 amide bonds. The topological polar surface area (TPSA) is 124 Å². The van der Waals surface area contributed by atoms with Gasteiger partial charge >= 0.3 is 11.9 Å². The number of carboxylic acid groups (broad SMARTS) is 2. The smallest absolute Gasteiger partial charge is 0.326 e. The molecule has 0 bridgehead atoms. The summed E-state index contributed by atoms with van der Waals surface area (Å²) in [6.07, 6.45) is -1.64. The molecule has 0 unspecified atom stereocenters. The van der Waals surface area contributed by atoms with Gasteiger partial charge in [-0.05, 0) is 18.8 Å². The zero-order valence-corrected chi connectivity index (χ0v) is 10.4. The second kappa shape index (κ2) is 7.65. The van der Waals surface area contributed by atoms with E-state index >= 15 is 0 Å². The average molecular weight is 261 g/mol. The van der Waals surface area contributed by atoms with E-state index in [1.807, 2.05) is 13.8 Å². The lowest BCUT2D eigenvalue weighted by Gasteiger charge is -2.17. The Bertz CT molecular complexity index is 315. The van der Waals surface area contributed by atoms with Crippen molar-refractivity contribution >= 4 is 17.8 Å². The molecule has 0 saturated carbocycles. The van der Waals surface area contributed by atoms with Crippen LogP contribution in [0.4, 0.5) is 0 Å². The monoisotopic (exact) mass is 261 g/mol. The van der Waals surface area contributed by atoms with Crippen molar-refractivity contribution in [1.82, 2.24) is 5.32 Å². The van der Waals surface area contributed by atoms with Gasteiger partial charge in [0.05, 0.1) is 0 Å². The molecular formula is C11H19NO6. The fourth-order valence-electron chi connectivity index (χ4n) is 1.35. The molecule has 7 nitrogen and oxygen atoms in total. The summed E-state index contributed by atoms with van der Waals surface area (Å²) in [5.41, 5.74) is 0. The highest BCUT2D eigenvalue weighted by Crippen LogP contribution is 2.06. The maximum absolute atomic E-state index is 11.5. The number of carbonyl (C=O) groups excluding carboxylic acids is 1. The molecule has 4 N–H and O–H groups in total. The molecule has 0 rings (SSSR count). The van der Waals surface area contributed by atoms with Crippen molar-refractivity contribution in [3.63, 3.8) is 0 Å². The van der Waals surface area contributed by atoms with Crippen molar-refractivity contribution in [3.05, 3.63) is 0 Å². The third-order valence-corrected chi connectivity index (χ3v) is 2.26. The Hall–Kier alpha value is -1.63. The van der Waals surface area contributed by atoms with E-state index in [4.69, 9.17) is 10.2 Å². The zero-order chi connectivity index (χ0) is 14.3. The lowest BCUT2D eigenvalue weighted by molar-refractivity contribution is -0.144. The predicted molar refractivity (Wildman–Crippen MR) is 61.9 cm³/mol. The summed E-state index contributed by atoms with van der Waals surface area (Å²) in [5.74, 6) is -3.16. The number of rotatable bonds is 8. The maximum Gasteiger partial charge on any atom is 0.326 e. The summed E-state index contributed by atoms with van der Waals surface area (Å²) in [5, 5.41) is 28.9. The second-order valence-electron chi connectivity index (χ2n) is 4.48. The molecule has 104 valence electrons. The molecule has 0 aliphatic heterocycles. The van der Waals surface area contributed by atoms with Gasteiger partial charge in [0.1, 0.15) is 12.1 Å². The number of aliphatic hydroxyl groups excluding tert-OH is 1. The number of amides is 1. The van der Waals surface area contributed by atoms with Crippen LogP contribution in [0.1, 0.15) is 33.1 Å². The summed E-state index contributed by atoms with van der Waals surface area (Å²) in [7, 11) is 0. The van der Waals surface area contributed by atoms with Gasteiger partial charge in [0, 0.05) is 6.42 Å². The van der Waals surface area contributed by atoms with Crippen LogP contribution in [-0.2, 0) is 14.4 Å². The van der Waals surface area contributed by atoms with Gasteiger partial charge in [-0.25, -0.2) is 4.79 Å². The number of carbonyl (C=O) groups is 3. The Labute approximate surface area is 105 Å². The van der Waals surface area contributed by atoms with Gasteiger partial charge < -0.3 is 20.6 Å². The fourth-order valence-corrected chi connectivity index (χ4v) is 1.35. The molecule has 0 aliphatic rings. The van der Waals surface area contributed by atoms with Crippen LogP contribution in [0.5, 0.6) is 0 Å². The lowest BCUT2D eigenvalue weighted by atomic mass is 10.0. The first-order chi connectivity index (χ1) is 8.23. The highest BCUT2D eigenvalue weighted by Gasteiger charge is 2.24. The summed E-state index contributed by atoms with van der Waals surface area (Å²) < 4.78 is 0. The normalized spacial score (nSPS) is 14.0. The van der Waals surface area contributed by atoms with Gasteiger partial charge in [0.15, 0.2) is 0 Å². The molecule has 0 fully saturated rings. The number of aliphatic hydroxyl groups is 1. The van der Waals surface area contributed by atoms with Crippen molar-refractivity contribution in [2.24, 2.45) is 5.92 Å². The van der Waals surface area contributed by atoms with Crippen molar-refractivity contribution < 1.29 is 29.7 Å². The molecule has 0 aromatic heterocycles. The fraction of sp³-hybridized carbons (Fsp3) is 0.727. The van der Waals surface area contributed by atoms with Gasteiger partial charge in [-0.1, -0.05) is 13.8 Å². The highest BCUT2D eigenvalue weighted by atomic mass is 16.4. The zero-order valence-electron chi connectivity index (χ0n) is 10.4. The van der Waals surface area contributed by atoms with Crippen molar-refractivity contribution in [2.45, 2.75) is 45.3 Å². The highest BCUT2D eigenvalue weighted by molar-refractivity contribution is 5.86. The van der Waals surface area contributed by atoms with Crippen LogP contribution < -0.4 is 5.32 Å². The van der Waals surface area contributed by atoms with E-state index in [9.17, 15) is 19.5 Å². The van der Waals surface area contributed by atoms with Crippen LogP contribution in [0.15, 0.2) is 0 Å². The van der Waals surface area contributed by atoms with E-state index in [2.05, 4.69) is 5.32 Å². The van der Waals surface area contributed by atoms with Crippen molar-refractivity contribution in [2.75, 3.05) is 0 Å². The van der Waals surface area contributed by atoms with Gasteiger partial charge in [0.2, 0.25) is 5.91 Å². The molecule has 0 saturated heterocycles. The Kier molecular flexibility index (Phi) is 6.96. The summed E-state index contributed by atoms with van der Waals surface area (Å²) in [4.78, 5) is 32.6. The first kappa shape index (κ1) is 16.4. The largest absolute Gasteiger partial charge is 0.481 e. The number of hydrogen-bond donors (Lipinski definition) is 4. The molecule has 2 atom stereocenters. The molecule has 0 spiro atoms. The Morgan fingerprint density at radius 2 is 1.72 bits per heavy atom. The standard InChI is InChI=1S/C11H19NO6/c1-6(2)5-8(13)10(16)12-7(11(17)18)3-4-9(14)15/h6-8,13H,3-5H2,1-2H3,(H,12,16)(H,14,15)(H,17,18)/t7-,8-/m1/s1. The van der Waals surface area contributed by atoms with Gasteiger partial charge in [-0.2, -0.15) is 0 Å². The maximum atomic E-state index is 11.5. The number of carboxylic acids is 2. The van der Waals surface area contributed by atoms with E-state index in [0.717, 1.165) is 0 Å². The van der Waals surface area contributed by atoms with E-state index in [1.165, 1.54) is 0 Å². The van der Waals surface area contributed by atoms with Crippen LogP contribution in [0.2, 0.25) is 0 Å². The van der Waals surface area contributed by atoms with Crippen LogP contribution in [0, 0.1) is 5.92 Å². The molecular weight excluding hydrogens is 242 g/mol. The Morgan fingerprint density at radius 3 is 2.11 bits per heavy atom. The molecule has 18 heavy (non-hydrogen) atoms. The first-order valence-electron chi connectivity index (χ1n) is 5.67. The quantitative estimate of drug-likeness (QED) is 0.481. The van der Waals surface area contributed by atoms with E-state index in [0.29, 0.717) is 0 Å². The van der Waals surface area contributed by atoms with Crippen molar-refractivity contribution in [3.8, 4) is 0 Å². The number of aliphatic carboxylic acids is 2. The summed E-state index contributed by atoms with van der Waals surface area (Å²) in [6.45, 7) is 3.63. The summed E-state index contributed by atoms with van der Waals surface area (Å²) in [6, 6.07) is -1.30. The molecule has 0 heterocycles. The second-order valence-corrected chi connectivity index (χ2v) is 4.48. The van der Waals surface area contributed by atoms with Crippen LogP contribution in [0.25, 0.3) is 0 Å². The van der Waals surface area contributed by atoms with Crippen LogP contribution >= 0.6 is 0 Å². The Morgan fingerprint density at radius 1 is 1.17 bits per heavy atom. The third-order valence-electron chi connectivity index (χ3n) is 2.26. The van der Waals surface area contributed by atoms with E-state index < -0.39 is 30.0 Å². The number of hydrogen-bond acceptors (Lipinski definition) is 4. The van der Waals surface area contributed by atoms with Gasteiger partial charge in [-0.3, -0.25) is 9.59 Å².